The number of hydrogen-bond donors (Lipinski definition) is 0. The van der Waals surface area contributed by atoms with Crippen LogP contribution in [0, 0.1) is 10.1 Å². The molecule has 4 nitrogen and oxygen atoms in total. The first-order valence-electron chi connectivity index (χ1n) is 17.4. The summed E-state index contributed by atoms with van der Waals surface area (Å²) in [5.41, 5.74) is 8.25. The van der Waals surface area contributed by atoms with E-state index in [0.717, 1.165) is 48.3 Å². The fourth-order valence-corrected chi connectivity index (χ4v) is 7.40. The van der Waals surface area contributed by atoms with Crippen LogP contribution in [0.5, 0.6) is 0 Å². The van der Waals surface area contributed by atoms with E-state index >= 15 is 0 Å². The van der Waals surface area contributed by atoms with Crippen molar-refractivity contribution in [1.29, 1.82) is 0 Å². The summed E-state index contributed by atoms with van der Waals surface area (Å²) in [7, 11) is 0. The zero-order chi connectivity index (χ0) is 31.5. The van der Waals surface area contributed by atoms with Gasteiger partial charge in [0.2, 0.25) is 0 Å². The van der Waals surface area contributed by atoms with Gasteiger partial charge in [-0.25, -0.2) is 0 Å². The maximum absolute atomic E-state index is 12.1. The van der Waals surface area contributed by atoms with Crippen molar-refractivity contribution < 1.29 is 4.92 Å². The number of anilines is 3. The number of nitro benzene ring substituents is 1. The smallest absolute Gasteiger partial charge is 0.269 e. The molecule has 0 amide bonds. The minimum absolute atomic E-state index is 0.201. The monoisotopic (exact) mass is 602 g/mol. The van der Waals surface area contributed by atoms with Gasteiger partial charge in [0.1, 0.15) is 0 Å². The van der Waals surface area contributed by atoms with Crippen LogP contribution in [-0.4, -0.2) is 4.92 Å². The lowest BCUT2D eigenvalue weighted by atomic mass is 9.70. The van der Waals surface area contributed by atoms with Crippen molar-refractivity contribution in [3.05, 3.63) is 118 Å². The zero-order valence-electron chi connectivity index (χ0n) is 27.3. The molecule has 236 valence electrons. The van der Waals surface area contributed by atoms with E-state index in [-0.39, 0.29) is 16.0 Å². The summed E-state index contributed by atoms with van der Waals surface area (Å²) in [5, 5.41) is 12.1. The molecule has 0 aliphatic heterocycles. The fraction of sp³-hybridized carbons (Fsp3) is 0.415. The van der Waals surface area contributed by atoms with Crippen molar-refractivity contribution in [3.63, 3.8) is 0 Å². The van der Waals surface area contributed by atoms with E-state index in [1.54, 1.807) is 6.07 Å². The van der Waals surface area contributed by atoms with E-state index in [0.29, 0.717) is 0 Å². The molecule has 0 aromatic heterocycles. The molecule has 1 aliphatic carbocycles. The van der Waals surface area contributed by atoms with Gasteiger partial charge in [-0.3, -0.25) is 10.1 Å². The number of unbranched alkanes of at least 4 members (excludes halogenated alkanes) is 10. The molecule has 4 aromatic carbocycles. The zero-order valence-corrected chi connectivity index (χ0v) is 27.3. The molecule has 0 unspecified atom stereocenters. The molecule has 0 bridgehead atoms. The van der Waals surface area contributed by atoms with Gasteiger partial charge in [0.25, 0.3) is 5.69 Å². The van der Waals surface area contributed by atoms with E-state index in [1.807, 2.05) is 12.1 Å². The lowest BCUT2D eigenvalue weighted by Gasteiger charge is -2.34. The Morgan fingerprint density at radius 3 is 1.53 bits per heavy atom. The van der Waals surface area contributed by atoms with Gasteiger partial charge < -0.3 is 4.90 Å². The second-order valence-electron chi connectivity index (χ2n) is 12.8. The highest BCUT2D eigenvalue weighted by Crippen LogP contribution is 2.56. The molecule has 0 spiro atoms. The number of benzene rings is 4. The number of rotatable bonds is 18. The van der Waals surface area contributed by atoms with Crippen molar-refractivity contribution in [2.24, 2.45) is 0 Å². The van der Waals surface area contributed by atoms with Crippen molar-refractivity contribution in [3.8, 4) is 11.1 Å². The molecule has 45 heavy (non-hydrogen) atoms. The minimum Gasteiger partial charge on any atom is -0.310 e. The SMILES string of the molecule is CCCCCCCCC1(CCCCCCCC)c2cc(N(c3ccccc3)c3ccccc3)ccc2-c2ccc([N+](=O)[O-])cc21. The van der Waals surface area contributed by atoms with Crippen LogP contribution in [0.2, 0.25) is 0 Å². The lowest BCUT2D eigenvalue weighted by Crippen LogP contribution is -2.26. The van der Waals surface area contributed by atoms with Crippen LogP contribution in [0.1, 0.15) is 115 Å². The van der Waals surface area contributed by atoms with Gasteiger partial charge in [0, 0.05) is 34.6 Å². The van der Waals surface area contributed by atoms with Crippen LogP contribution in [0.3, 0.4) is 0 Å². The number of nitrogens with zero attached hydrogens (tertiary/aromatic N) is 2. The second-order valence-corrected chi connectivity index (χ2v) is 12.8. The third-order valence-corrected chi connectivity index (χ3v) is 9.74. The Morgan fingerprint density at radius 2 is 1.02 bits per heavy atom. The number of para-hydroxylation sites is 2. The Balaban J connectivity index is 1.60. The molecular formula is C41H50N2O2. The summed E-state index contributed by atoms with van der Waals surface area (Å²) < 4.78 is 0. The molecular weight excluding hydrogens is 552 g/mol. The van der Waals surface area contributed by atoms with Crippen molar-refractivity contribution >= 4 is 22.7 Å². The molecule has 0 heterocycles. The van der Waals surface area contributed by atoms with Gasteiger partial charge in [-0.2, -0.15) is 0 Å². The molecule has 4 aromatic rings. The topological polar surface area (TPSA) is 46.4 Å². The molecule has 4 heteroatoms. The highest BCUT2D eigenvalue weighted by molar-refractivity contribution is 5.86. The minimum atomic E-state index is -0.235. The van der Waals surface area contributed by atoms with Gasteiger partial charge in [-0.05, 0) is 77.6 Å². The number of non-ortho nitro benzene ring substituents is 1. The Labute approximate surface area is 270 Å². The van der Waals surface area contributed by atoms with Crippen molar-refractivity contribution in [2.45, 2.75) is 109 Å². The average molecular weight is 603 g/mol. The van der Waals surface area contributed by atoms with Crippen LogP contribution in [0.25, 0.3) is 11.1 Å². The van der Waals surface area contributed by atoms with Gasteiger partial charge >= 0.3 is 0 Å². The standard InChI is InChI=1S/C41H50N2O2/c1-3-5-7-9-11-19-29-41(30-20-12-10-8-6-4-2)39-31-35(25-27-37(39)38-28-26-36(43(44)45)32-40(38)41)42(33-21-15-13-16-22-33)34-23-17-14-18-24-34/h13-18,21-28,31-32H,3-12,19-20,29-30H2,1-2H3. The molecule has 5 rings (SSSR count). The summed E-state index contributed by atoms with van der Waals surface area (Å²) in [6, 6.07) is 33.7. The second kappa shape index (κ2) is 15.9. The van der Waals surface area contributed by atoms with Crippen LogP contribution >= 0.6 is 0 Å². The maximum Gasteiger partial charge on any atom is 0.269 e. The molecule has 0 N–H and O–H groups in total. The summed E-state index contributed by atoms with van der Waals surface area (Å²) in [4.78, 5) is 14.2. The van der Waals surface area contributed by atoms with Gasteiger partial charge in [-0.1, -0.05) is 133 Å². The van der Waals surface area contributed by atoms with E-state index in [9.17, 15) is 10.1 Å². The predicted molar refractivity (Wildman–Crippen MR) is 190 cm³/mol. The fourth-order valence-electron chi connectivity index (χ4n) is 7.40. The van der Waals surface area contributed by atoms with Gasteiger partial charge in [-0.15, -0.1) is 0 Å². The summed E-state index contributed by atoms with van der Waals surface area (Å²) in [5.74, 6) is 0. The highest BCUT2D eigenvalue weighted by Gasteiger charge is 2.43. The van der Waals surface area contributed by atoms with Crippen LogP contribution < -0.4 is 4.90 Å². The first kappa shape index (κ1) is 32.5. The lowest BCUT2D eigenvalue weighted by molar-refractivity contribution is -0.384. The predicted octanol–water partition coefficient (Wildman–Crippen LogP) is 12.8. The highest BCUT2D eigenvalue weighted by atomic mass is 16.6. The van der Waals surface area contributed by atoms with Crippen LogP contribution in [0.4, 0.5) is 22.7 Å². The van der Waals surface area contributed by atoms with E-state index in [1.165, 1.54) is 80.9 Å². The van der Waals surface area contributed by atoms with Crippen LogP contribution in [-0.2, 0) is 5.41 Å². The molecule has 0 radical (unpaired) electrons. The van der Waals surface area contributed by atoms with E-state index in [2.05, 4.69) is 97.6 Å². The Kier molecular flexibility index (Phi) is 11.5. The molecule has 1 aliphatic rings. The number of fused-ring (bicyclic) bond motifs is 3. The Bertz CT molecular complexity index is 1460. The summed E-state index contributed by atoms with van der Waals surface area (Å²) in [6.45, 7) is 4.53. The van der Waals surface area contributed by atoms with Crippen molar-refractivity contribution in [2.75, 3.05) is 4.90 Å². The van der Waals surface area contributed by atoms with Crippen LogP contribution in [0.15, 0.2) is 97.1 Å². The van der Waals surface area contributed by atoms with E-state index < -0.39 is 0 Å². The molecule has 0 atom stereocenters. The average Bonchev–Trinajstić information content (AvgIpc) is 3.34. The maximum atomic E-state index is 12.1. The summed E-state index contributed by atoms with van der Waals surface area (Å²) in [6.07, 6.45) is 16.9. The van der Waals surface area contributed by atoms with E-state index in [4.69, 9.17) is 0 Å². The van der Waals surface area contributed by atoms with Gasteiger partial charge in [0.15, 0.2) is 0 Å². The first-order valence-corrected chi connectivity index (χ1v) is 17.4. The molecule has 0 saturated heterocycles. The Hall–Kier alpha value is -3.92. The van der Waals surface area contributed by atoms with Gasteiger partial charge in [0.05, 0.1) is 4.92 Å². The number of nitro groups is 1. The largest absolute Gasteiger partial charge is 0.310 e. The Morgan fingerprint density at radius 1 is 0.556 bits per heavy atom. The molecule has 0 saturated carbocycles. The van der Waals surface area contributed by atoms with Crippen molar-refractivity contribution in [1.82, 2.24) is 0 Å². The first-order chi connectivity index (χ1) is 22.1. The normalized spacial score (nSPS) is 12.9. The summed E-state index contributed by atoms with van der Waals surface area (Å²) >= 11 is 0. The molecule has 0 fully saturated rings. The number of hydrogen-bond acceptors (Lipinski definition) is 3. The third kappa shape index (κ3) is 7.49. The third-order valence-electron chi connectivity index (χ3n) is 9.74. The quantitative estimate of drug-likeness (QED) is 0.0646.